The average Bonchev–Trinajstić information content (AvgIpc) is 3.34. The molecule has 2 aliphatic rings. The molecule has 0 bridgehead atoms. The quantitative estimate of drug-likeness (QED) is 0.817. The molecule has 27 heavy (non-hydrogen) atoms. The number of aryl methyl sites for hydroxylation is 2. The van der Waals surface area contributed by atoms with Gasteiger partial charge < -0.3 is 14.4 Å². The monoisotopic (exact) mass is 366 g/mol. The van der Waals surface area contributed by atoms with Gasteiger partial charge in [0.05, 0.1) is 0 Å². The lowest BCUT2D eigenvalue weighted by Crippen LogP contribution is -2.38. The molecule has 2 aromatic rings. The topological polar surface area (TPSA) is 41.4 Å². The van der Waals surface area contributed by atoms with Gasteiger partial charge >= 0.3 is 0 Å². The Hall–Kier alpha value is -2.14. The molecule has 1 amide bonds. The lowest BCUT2D eigenvalue weighted by molar-refractivity contribution is 0.0710. The van der Waals surface area contributed by atoms with Crippen molar-refractivity contribution in [2.75, 3.05) is 33.7 Å². The van der Waals surface area contributed by atoms with E-state index in [9.17, 15) is 4.79 Å². The van der Waals surface area contributed by atoms with Crippen LogP contribution in [0, 0.1) is 0 Å². The van der Waals surface area contributed by atoms with Crippen molar-refractivity contribution < 1.29 is 4.79 Å². The third-order valence-electron chi connectivity index (χ3n) is 6.03. The summed E-state index contributed by atoms with van der Waals surface area (Å²) in [5.41, 5.74) is 3.66. The summed E-state index contributed by atoms with van der Waals surface area (Å²) >= 11 is 0. The fourth-order valence-corrected chi connectivity index (χ4v) is 4.41. The molecule has 1 aromatic carbocycles. The molecule has 1 aliphatic heterocycles. The minimum absolute atomic E-state index is 0.194. The Labute approximate surface area is 162 Å². The number of amides is 1. The largest absolute Gasteiger partial charge is 0.339 e. The second-order valence-electron chi connectivity index (χ2n) is 8.19. The van der Waals surface area contributed by atoms with Crippen molar-refractivity contribution in [1.82, 2.24) is 19.4 Å². The molecule has 1 aliphatic carbocycles. The van der Waals surface area contributed by atoms with E-state index in [1.165, 1.54) is 23.4 Å². The SMILES string of the molecule is CN(C)CCn1ccnc1C1CCN(C(=O)c2ccc3c(c2)CCC3)CC1. The summed E-state index contributed by atoms with van der Waals surface area (Å²) < 4.78 is 2.28. The first-order valence-electron chi connectivity index (χ1n) is 10.2. The smallest absolute Gasteiger partial charge is 0.253 e. The number of likely N-dealkylation sites (N-methyl/N-ethyl adjacent to an activating group) is 1. The van der Waals surface area contributed by atoms with Crippen molar-refractivity contribution in [2.45, 2.75) is 44.6 Å². The number of hydrogen-bond acceptors (Lipinski definition) is 3. The number of carbonyl (C=O) groups is 1. The van der Waals surface area contributed by atoms with Crippen molar-refractivity contribution in [3.05, 3.63) is 53.1 Å². The van der Waals surface area contributed by atoms with E-state index in [0.29, 0.717) is 5.92 Å². The van der Waals surface area contributed by atoms with Gasteiger partial charge in [-0.15, -0.1) is 0 Å². The summed E-state index contributed by atoms with van der Waals surface area (Å²) in [6.07, 6.45) is 9.49. The van der Waals surface area contributed by atoms with Crippen LogP contribution in [0.4, 0.5) is 0 Å². The average molecular weight is 367 g/mol. The molecule has 0 N–H and O–H groups in total. The number of piperidine rings is 1. The van der Waals surface area contributed by atoms with Crippen molar-refractivity contribution in [3.63, 3.8) is 0 Å². The Balaban J connectivity index is 1.38. The highest BCUT2D eigenvalue weighted by molar-refractivity contribution is 5.94. The Morgan fingerprint density at radius 3 is 2.74 bits per heavy atom. The predicted molar refractivity (Wildman–Crippen MR) is 107 cm³/mol. The zero-order chi connectivity index (χ0) is 18.8. The molecule has 0 atom stereocenters. The summed E-state index contributed by atoms with van der Waals surface area (Å²) in [4.78, 5) is 21.8. The highest BCUT2D eigenvalue weighted by atomic mass is 16.2. The maximum Gasteiger partial charge on any atom is 0.253 e. The van der Waals surface area contributed by atoms with Crippen LogP contribution in [0.25, 0.3) is 0 Å². The van der Waals surface area contributed by atoms with Crippen LogP contribution in [0.3, 0.4) is 0 Å². The van der Waals surface area contributed by atoms with Crippen LogP contribution in [-0.2, 0) is 19.4 Å². The highest BCUT2D eigenvalue weighted by Gasteiger charge is 2.27. The summed E-state index contributed by atoms with van der Waals surface area (Å²) in [6, 6.07) is 6.31. The van der Waals surface area contributed by atoms with Gasteiger partial charge in [0.25, 0.3) is 5.91 Å². The van der Waals surface area contributed by atoms with Crippen LogP contribution in [0.5, 0.6) is 0 Å². The first-order valence-corrected chi connectivity index (χ1v) is 10.2. The summed E-state index contributed by atoms with van der Waals surface area (Å²) in [6.45, 7) is 3.62. The van der Waals surface area contributed by atoms with Gasteiger partial charge in [-0.1, -0.05) is 6.07 Å². The first kappa shape index (κ1) is 18.2. The second kappa shape index (κ2) is 7.85. The summed E-state index contributed by atoms with van der Waals surface area (Å²) in [5.74, 6) is 1.83. The van der Waals surface area contributed by atoms with E-state index < -0.39 is 0 Å². The van der Waals surface area contributed by atoms with Crippen LogP contribution < -0.4 is 0 Å². The van der Waals surface area contributed by atoms with Gasteiger partial charge in [0.1, 0.15) is 5.82 Å². The Morgan fingerprint density at radius 1 is 1.19 bits per heavy atom. The van der Waals surface area contributed by atoms with Gasteiger partial charge in [-0.05, 0) is 69.5 Å². The van der Waals surface area contributed by atoms with Gasteiger partial charge in [-0.2, -0.15) is 0 Å². The molecule has 2 heterocycles. The molecule has 0 radical (unpaired) electrons. The molecule has 4 rings (SSSR count). The Kier molecular flexibility index (Phi) is 5.30. The molecule has 5 heteroatoms. The van der Waals surface area contributed by atoms with Gasteiger partial charge in [0.2, 0.25) is 0 Å². The third-order valence-corrected chi connectivity index (χ3v) is 6.03. The maximum absolute atomic E-state index is 12.9. The Morgan fingerprint density at radius 2 is 1.96 bits per heavy atom. The number of aromatic nitrogens is 2. The van der Waals surface area contributed by atoms with E-state index in [1.807, 2.05) is 17.2 Å². The maximum atomic E-state index is 12.9. The van der Waals surface area contributed by atoms with Crippen molar-refractivity contribution in [2.24, 2.45) is 0 Å². The number of nitrogens with zero attached hydrogens (tertiary/aromatic N) is 4. The molecule has 0 unspecified atom stereocenters. The van der Waals surface area contributed by atoms with Crippen molar-refractivity contribution in [3.8, 4) is 0 Å². The zero-order valence-corrected chi connectivity index (χ0v) is 16.5. The van der Waals surface area contributed by atoms with E-state index in [1.54, 1.807) is 0 Å². The van der Waals surface area contributed by atoms with Gasteiger partial charge in [-0.25, -0.2) is 4.98 Å². The van der Waals surface area contributed by atoms with Crippen LogP contribution in [-0.4, -0.2) is 59.0 Å². The van der Waals surface area contributed by atoms with Crippen LogP contribution in [0.2, 0.25) is 0 Å². The lowest BCUT2D eigenvalue weighted by Gasteiger charge is -2.32. The number of benzene rings is 1. The summed E-state index contributed by atoms with van der Waals surface area (Å²) in [7, 11) is 4.19. The molecule has 0 spiro atoms. The van der Waals surface area contributed by atoms with E-state index in [-0.39, 0.29) is 5.91 Å². The minimum Gasteiger partial charge on any atom is -0.339 e. The number of imidazole rings is 1. The van der Waals surface area contributed by atoms with Crippen LogP contribution in [0.15, 0.2) is 30.6 Å². The van der Waals surface area contributed by atoms with Crippen LogP contribution in [0.1, 0.15) is 52.5 Å². The van der Waals surface area contributed by atoms with Gasteiger partial charge in [-0.3, -0.25) is 4.79 Å². The second-order valence-corrected chi connectivity index (χ2v) is 8.19. The van der Waals surface area contributed by atoms with Gasteiger partial charge in [0, 0.05) is 50.1 Å². The van der Waals surface area contributed by atoms with E-state index in [4.69, 9.17) is 0 Å². The van der Waals surface area contributed by atoms with Crippen molar-refractivity contribution in [1.29, 1.82) is 0 Å². The van der Waals surface area contributed by atoms with E-state index in [0.717, 1.165) is 57.4 Å². The fourth-order valence-electron chi connectivity index (χ4n) is 4.41. The molecular weight excluding hydrogens is 336 g/mol. The molecule has 144 valence electrons. The molecule has 0 saturated carbocycles. The molecular formula is C22H30N4O. The number of hydrogen-bond donors (Lipinski definition) is 0. The third kappa shape index (κ3) is 3.93. The number of likely N-dealkylation sites (tertiary alicyclic amines) is 1. The summed E-state index contributed by atoms with van der Waals surface area (Å²) in [5, 5.41) is 0. The molecule has 5 nitrogen and oxygen atoms in total. The van der Waals surface area contributed by atoms with Crippen LogP contribution >= 0.6 is 0 Å². The molecule has 1 fully saturated rings. The number of fused-ring (bicyclic) bond motifs is 1. The zero-order valence-electron chi connectivity index (χ0n) is 16.5. The fraction of sp³-hybridized carbons (Fsp3) is 0.545. The number of rotatable bonds is 5. The van der Waals surface area contributed by atoms with E-state index in [2.05, 4.69) is 46.9 Å². The Bertz CT molecular complexity index is 802. The first-order chi connectivity index (χ1) is 13.1. The lowest BCUT2D eigenvalue weighted by atomic mass is 9.95. The molecule has 1 aromatic heterocycles. The standard InChI is InChI=1S/C22H30N4O/c1-24(2)14-15-25-13-10-23-21(25)18-8-11-26(12-9-18)22(27)20-7-6-17-4-3-5-19(17)16-20/h6-7,10,13,16,18H,3-5,8-9,11-12,14-15H2,1-2H3. The molecule has 1 saturated heterocycles. The van der Waals surface area contributed by atoms with Crippen molar-refractivity contribution >= 4 is 5.91 Å². The number of carbonyl (C=O) groups excluding carboxylic acids is 1. The highest BCUT2D eigenvalue weighted by Crippen LogP contribution is 2.29. The normalized spacial score (nSPS) is 17.5. The van der Waals surface area contributed by atoms with Gasteiger partial charge in [0.15, 0.2) is 0 Å². The van der Waals surface area contributed by atoms with E-state index >= 15 is 0 Å². The minimum atomic E-state index is 0.194. The predicted octanol–water partition coefficient (Wildman–Crippen LogP) is 2.95.